The molecular weight excluding hydrogens is 184 g/mol. The third-order valence-electron chi connectivity index (χ3n) is 4.04. The third kappa shape index (κ3) is 1.82. The van der Waals surface area contributed by atoms with E-state index in [0.717, 1.165) is 12.0 Å². The van der Waals surface area contributed by atoms with Gasteiger partial charge in [-0.25, -0.2) is 4.98 Å². The van der Waals surface area contributed by atoms with E-state index in [-0.39, 0.29) is 0 Å². The van der Waals surface area contributed by atoms with Gasteiger partial charge in [-0.3, -0.25) is 0 Å². The summed E-state index contributed by atoms with van der Waals surface area (Å²) < 4.78 is 2.20. The molecule has 0 aromatic carbocycles. The summed E-state index contributed by atoms with van der Waals surface area (Å²) in [6.45, 7) is 2.33. The fourth-order valence-corrected chi connectivity index (χ4v) is 2.75. The summed E-state index contributed by atoms with van der Waals surface area (Å²) in [5.74, 6) is 1.48. The van der Waals surface area contributed by atoms with Crippen LogP contribution < -0.4 is 0 Å². The molecule has 2 aliphatic carbocycles. The van der Waals surface area contributed by atoms with Crippen molar-refractivity contribution in [2.24, 2.45) is 5.92 Å². The van der Waals surface area contributed by atoms with Crippen LogP contribution in [0.5, 0.6) is 0 Å². The molecule has 81 valence electrons. The lowest BCUT2D eigenvalue weighted by molar-refractivity contribution is 0.453. The molecule has 3 rings (SSSR count). The van der Waals surface area contributed by atoms with Crippen LogP contribution in [-0.4, -0.2) is 9.55 Å². The van der Waals surface area contributed by atoms with E-state index in [1.54, 1.807) is 0 Å². The molecule has 0 N–H and O–H groups in total. The lowest BCUT2D eigenvalue weighted by Crippen LogP contribution is -2.06. The van der Waals surface area contributed by atoms with Crippen LogP contribution in [0.1, 0.15) is 63.1 Å². The minimum absolute atomic E-state index is 0.618. The van der Waals surface area contributed by atoms with E-state index >= 15 is 0 Å². The number of rotatable bonds is 3. The molecule has 1 aromatic heterocycles. The average molecular weight is 203 g/mol. The van der Waals surface area contributed by atoms with E-state index in [1.807, 2.05) is 6.33 Å². The van der Waals surface area contributed by atoms with Gasteiger partial charge in [0.2, 0.25) is 0 Å². The first-order valence-electron chi connectivity index (χ1n) is 6.30. The van der Waals surface area contributed by atoms with Gasteiger partial charge < -0.3 is 4.57 Å². The van der Waals surface area contributed by atoms with Crippen molar-refractivity contribution in [3.63, 3.8) is 0 Å². The zero-order chi connectivity index (χ0) is 10.3. The molecule has 1 unspecified atom stereocenters. The molecule has 1 heterocycles. The van der Waals surface area contributed by atoms with Crippen molar-refractivity contribution < 1.29 is 0 Å². The second-order valence-corrected chi connectivity index (χ2v) is 5.21. The van der Waals surface area contributed by atoms with Crippen LogP contribution >= 0.6 is 0 Å². The number of imidazole rings is 1. The van der Waals surface area contributed by atoms with Gasteiger partial charge in [0.05, 0.1) is 18.2 Å². The highest BCUT2D eigenvalue weighted by Gasteiger charge is 2.27. The van der Waals surface area contributed by atoms with Gasteiger partial charge in [-0.05, 0) is 31.6 Å². The van der Waals surface area contributed by atoms with Crippen molar-refractivity contribution in [3.05, 3.63) is 18.2 Å². The Bertz CT molecular complexity index is 332. The lowest BCUT2D eigenvalue weighted by Gasteiger charge is -2.15. The summed E-state index contributed by atoms with van der Waals surface area (Å²) in [6, 6.07) is 0.724. The standard InChI is InChI=1S/C13H19N2/c1-10(11-4-2-3-5-11)13-8-15(9-14-13)12-6-7-12/h9-12H,2-7H2,1H3. The van der Waals surface area contributed by atoms with E-state index in [9.17, 15) is 0 Å². The highest BCUT2D eigenvalue weighted by molar-refractivity contribution is 5.06. The van der Waals surface area contributed by atoms with Crippen LogP contribution in [0, 0.1) is 12.1 Å². The molecule has 1 radical (unpaired) electrons. The van der Waals surface area contributed by atoms with Gasteiger partial charge in [0.15, 0.2) is 0 Å². The molecule has 0 saturated heterocycles. The smallest absolute Gasteiger partial charge is 0.0957 e. The normalized spacial score (nSPS) is 24.6. The molecule has 2 heteroatoms. The molecule has 0 spiro atoms. The van der Waals surface area contributed by atoms with Gasteiger partial charge in [-0.1, -0.05) is 19.8 Å². The molecule has 2 nitrogen and oxygen atoms in total. The van der Waals surface area contributed by atoms with Crippen LogP contribution in [0.4, 0.5) is 0 Å². The summed E-state index contributed by atoms with van der Waals surface area (Å²) in [5, 5.41) is 0. The topological polar surface area (TPSA) is 17.8 Å². The first-order chi connectivity index (χ1) is 7.34. The predicted molar refractivity (Wildman–Crippen MR) is 59.7 cm³/mol. The van der Waals surface area contributed by atoms with Crippen LogP contribution in [0.25, 0.3) is 0 Å². The monoisotopic (exact) mass is 203 g/mol. The maximum atomic E-state index is 4.53. The van der Waals surface area contributed by atoms with Gasteiger partial charge in [0.25, 0.3) is 0 Å². The molecule has 15 heavy (non-hydrogen) atoms. The summed E-state index contributed by atoms with van der Waals surface area (Å²) in [5.41, 5.74) is 1.20. The molecular formula is C13H19N2. The Morgan fingerprint density at radius 3 is 2.73 bits per heavy atom. The molecule has 1 atom stereocenters. The second kappa shape index (κ2) is 3.66. The fraction of sp³-hybridized carbons (Fsp3) is 0.769. The van der Waals surface area contributed by atoms with E-state index in [4.69, 9.17) is 0 Å². The number of hydrogen-bond donors (Lipinski definition) is 0. The Morgan fingerprint density at radius 2 is 2.07 bits per heavy atom. The average Bonchev–Trinajstić information content (AvgIpc) is 2.83. The van der Waals surface area contributed by atoms with Crippen molar-refractivity contribution in [3.8, 4) is 0 Å². The van der Waals surface area contributed by atoms with E-state index in [0.29, 0.717) is 5.92 Å². The van der Waals surface area contributed by atoms with Crippen molar-refractivity contribution in [1.29, 1.82) is 0 Å². The minimum Gasteiger partial charge on any atom is -0.326 e. The largest absolute Gasteiger partial charge is 0.326 e. The van der Waals surface area contributed by atoms with Crippen LogP contribution in [0.15, 0.2) is 6.33 Å². The highest BCUT2D eigenvalue weighted by Crippen LogP contribution is 2.38. The van der Waals surface area contributed by atoms with Crippen LogP contribution in [0.3, 0.4) is 0 Å². The van der Waals surface area contributed by atoms with Gasteiger partial charge in [-0.2, -0.15) is 0 Å². The maximum absolute atomic E-state index is 4.53. The zero-order valence-electron chi connectivity index (χ0n) is 9.45. The SMILES string of the molecule is CC(c1[c]n(C2CC2)cn1)C1CCCC1. The Labute approximate surface area is 91.7 Å². The fourth-order valence-electron chi connectivity index (χ4n) is 2.75. The number of hydrogen-bond acceptors (Lipinski definition) is 1. The first kappa shape index (κ1) is 9.44. The summed E-state index contributed by atoms with van der Waals surface area (Å²) >= 11 is 0. The van der Waals surface area contributed by atoms with Crippen molar-refractivity contribution in [1.82, 2.24) is 9.55 Å². The molecule has 1 aromatic rings. The quantitative estimate of drug-likeness (QED) is 0.737. The van der Waals surface area contributed by atoms with Gasteiger partial charge >= 0.3 is 0 Å². The predicted octanol–water partition coefficient (Wildman–Crippen LogP) is 3.31. The third-order valence-corrected chi connectivity index (χ3v) is 4.04. The molecule has 2 fully saturated rings. The van der Waals surface area contributed by atoms with E-state index in [2.05, 4.69) is 22.7 Å². The maximum Gasteiger partial charge on any atom is 0.0957 e. The van der Waals surface area contributed by atoms with Crippen LogP contribution in [0.2, 0.25) is 0 Å². The Kier molecular flexibility index (Phi) is 2.30. The minimum atomic E-state index is 0.618. The van der Waals surface area contributed by atoms with Crippen molar-refractivity contribution in [2.75, 3.05) is 0 Å². The highest BCUT2D eigenvalue weighted by atomic mass is 15.1. The van der Waals surface area contributed by atoms with E-state index < -0.39 is 0 Å². The summed E-state index contributed by atoms with van der Waals surface area (Å²) in [6.07, 6.45) is 13.7. The Balaban J connectivity index is 1.72. The number of nitrogens with zero attached hydrogens (tertiary/aromatic N) is 2. The van der Waals surface area contributed by atoms with Crippen molar-refractivity contribution >= 4 is 0 Å². The van der Waals surface area contributed by atoms with Crippen LogP contribution in [-0.2, 0) is 0 Å². The molecule has 2 aliphatic rings. The zero-order valence-corrected chi connectivity index (χ0v) is 9.45. The number of aromatic nitrogens is 2. The molecule has 0 bridgehead atoms. The Hall–Kier alpha value is -0.790. The summed E-state index contributed by atoms with van der Waals surface area (Å²) in [7, 11) is 0. The lowest BCUT2D eigenvalue weighted by atomic mass is 9.90. The van der Waals surface area contributed by atoms with Gasteiger partial charge in [0.1, 0.15) is 0 Å². The first-order valence-corrected chi connectivity index (χ1v) is 6.30. The van der Waals surface area contributed by atoms with E-state index in [1.165, 1.54) is 44.2 Å². The molecule has 2 saturated carbocycles. The Morgan fingerprint density at radius 1 is 1.33 bits per heavy atom. The van der Waals surface area contributed by atoms with Crippen molar-refractivity contribution in [2.45, 2.75) is 57.4 Å². The van der Waals surface area contributed by atoms with Gasteiger partial charge in [0, 0.05) is 12.0 Å². The molecule has 0 amide bonds. The van der Waals surface area contributed by atoms with Gasteiger partial charge in [-0.15, -0.1) is 0 Å². The summed E-state index contributed by atoms with van der Waals surface area (Å²) in [4.78, 5) is 4.53. The molecule has 0 aliphatic heterocycles. The second-order valence-electron chi connectivity index (χ2n) is 5.21.